The molecular weight excluding hydrogens is 244 g/mol. The van der Waals surface area contributed by atoms with E-state index in [2.05, 4.69) is 55.7 Å². The Morgan fingerprint density at radius 2 is 2.00 bits per heavy atom. The van der Waals surface area contributed by atoms with Crippen molar-refractivity contribution >= 4 is 0 Å². The summed E-state index contributed by atoms with van der Waals surface area (Å²) in [5, 5.41) is 7.46. The first-order chi connectivity index (χ1) is 9.66. The molecule has 0 amide bonds. The highest BCUT2D eigenvalue weighted by Crippen LogP contribution is 2.19. The van der Waals surface area contributed by atoms with Crippen LogP contribution in [0.1, 0.15) is 63.1 Å². The molecule has 0 bridgehead atoms. The second-order valence-electron chi connectivity index (χ2n) is 6.38. The molecule has 0 aromatic heterocycles. The molecule has 2 N–H and O–H groups in total. The van der Waals surface area contributed by atoms with E-state index < -0.39 is 0 Å². The first-order valence-electron chi connectivity index (χ1n) is 8.22. The third kappa shape index (κ3) is 4.60. The third-order valence-electron chi connectivity index (χ3n) is 4.49. The maximum Gasteiger partial charge on any atom is 0.0296 e. The number of rotatable bonds is 5. The van der Waals surface area contributed by atoms with E-state index >= 15 is 0 Å². The van der Waals surface area contributed by atoms with Crippen molar-refractivity contribution in [3.05, 3.63) is 35.4 Å². The average Bonchev–Trinajstić information content (AvgIpc) is 2.67. The summed E-state index contributed by atoms with van der Waals surface area (Å²) in [6, 6.07) is 10.4. The van der Waals surface area contributed by atoms with Crippen molar-refractivity contribution in [2.75, 3.05) is 6.54 Å². The Balaban J connectivity index is 1.84. The summed E-state index contributed by atoms with van der Waals surface area (Å²) in [5.74, 6) is 0. The standard InChI is InChI=1S/C18H30N2/c1-14-9-6-7-11-18(14)16(3)20-15(2)13-17-10-5-4-8-12-19-17/h6-7,9,11,15-17,19-20H,4-5,8,10,12-13H2,1-3H3/t15?,16-,17?/m0/s1. The van der Waals surface area contributed by atoms with Gasteiger partial charge in [0.15, 0.2) is 0 Å². The van der Waals surface area contributed by atoms with Crippen molar-refractivity contribution in [1.29, 1.82) is 0 Å². The molecule has 1 aromatic carbocycles. The second-order valence-corrected chi connectivity index (χ2v) is 6.38. The summed E-state index contributed by atoms with van der Waals surface area (Å²) in [7, 11) is 0. The normalized spacial score (nSPS) is 23.1. The molecule has 20 heavy (non-hydrogen) atoms. The predicted octanol–water partition coefficient (Wildman–Crippen LogP) is 3.96. The first kappa shape index (κ1) is 15.5. The summed E-state index contributed by atoms with van der Waals surface area (Å²) < 4.78 is 0. The Morgan fingerprint density at radius 1 is 1.20 bits per heavy atom. The summed E-state index contributed by atoms with van der Waals surface area (Å²) >= 11 is 0. The van der Waals surface area contributed by atoms with Crippen molar-refractivity contribution in [2.45, 2.75) is 71.0 Å². The Kier molecular flexibility index (Phi) is 6.06. The molecule has 0 spiro atoms. The second kappa shape index (κ2) is 7.80. The van der Waals surface area contributed by atoms with Gasteiger partial charge < -0.3 is 10.6 Å². The minimum Gasteiger partial charge on any atom is -0.314 e. The molecule has 1 aliphatic heterocycles. The number of hydrogen-bond acceptors (Lipinski definition) is 2. The lowest BCUT2D eigenvalue weighted by Crippen LogP contribution is -2.37. The Labute approximate surface area is 124 Å². The van der Waals surface area contributed by atoms with E-state index in [0.717, 1.165) is 0 Å². The van der Waals surface area contributed by atoms with Gasteiger partial charge in [0.1, 0.15) is 0 Å². The van der Waals surface area contributed by atoms with Gasteiger partial charge in [-0.1, -0.05) is 37.1 Å². The fraction of sp³-hybridized carbons (Fsp3) is 0.667. The predicted molar refractivity (Wildman–Crippen MR) is 87.1 cm³/mol. The molecule has 1 fully saturated rings. The Hall–Kier alpha value is -0.860. The lowest BCUT2D eigenvalue weighted by atomic mass is 9.99. The van der Waals surface area contributed by atoms with Crippen LogP contribution in [-0.2, 0) is 0 Å². The number of nitrogens with one attached hydrogen (secondary N) is 2. The van der Waals surface area contributed by atoms with E-state index in [9.17, 15) is 0 Å². The van der Waals surface area contributed by atoms with Crippen LogP contribution in [0.15, 0.2) is 24.3 Å². The average molecular weight is 274 g/mol. The van der Waals surface area contributed by atoms with Crippen molar-refractivity contribution in [3.63, 3.8) is 0 Å². The van der Waals surface area contributed by atoms with Gasteiger partial charge in [-0.25, -0.2) is 0 Å². The molecule has 112 valence electrons. The molecule has 1 aromatic rings. The number of hydrogen-bond donors (Lipinski definition) is 2. The van der Waals surface area contributed by atoms with Gasteiger partial charge in [-0.3, -0.25) is 0 Å². The highest BCUT2D eigenvalue weighted by Gasteiger charge is 2.17. The van der Waals surface area contributed by atoms with Gasteiger partial charge in [-0.15, -0.1) is 0 Å². The van der Waals surface area contributed by atoms with Crippen LogP contribution in [0.3, 0.4) is 0 Å². The highest BCUT2D eigenvalue weighted by molar-refractivity contribution is 5.28. The summed E-state index contributed by atoms with van der Waals surface area (Å²) in [4.78, 5) is 0. The van der Waals surface area contributed by atoms with Crippen LogP contribution in [0.4, 0.5) is 0 Å². The highest BCUT2D eigenvalue weighted by atomic mass is 15.0. The molecule has 1 saturated heterocycles. The van der Waals surface area contributed by atoms with Crippen LogP contribution in [0, 0.1) is 6.92 Å². The molecule has 0 radical (unpaired) electrons. The molecule has 2 rings (SSSR count). The zero-order valence-corrected chi connectivity index (χ0v) is 13.3. The number of aryl methyl sites for hydroxylation is 1. The quantitative estimate of drug-likeness (QED) is 0.849. The van der Waals surface area contributed by atoms with Gasteiger partial charge in [0, 0.05) is 18.1 Å². The van der Waals surface area contributed by atoms with E-state index in [1.807, 2.05) is 0 Å². The van der Waals surface area contributed by atoms with Gasteiger partial charge in [0.05, 0.1) is 0 Å². The largest absolute Gasteiger partial charge is 0.314 e. The number of benzene rings is 1. The van der Waals surface area contributed by atoms with Crippen LogP contribution in [-0.4, -0.2) is 18.6 Å². The molecule has 0 saturated carbocycles. The summed E-state index contributed by atoms with van der Waals surface area (Å²) in [5.41, 5.74) is 2.81. The smallest absolute Gasteiger partial charge is 0.0296 e. The van der Waals surface area contributed by atoms with Crippen LogP contribution < -0.4 is 10.6 Å². The summed E-state index contributed by atoms with van der Waals surface area (Å²) in [6.07, 6.45) is 6.70. The fourth-order valence-electron chi connectivity index (χ4n) is 3.39. The van der Waals surface area contributed by atoms with E-state index in [1.54, 1.807) is 0 Å². The summed E-state index contributed by atoms with van der Waals surface area (Å²) in [6.45, 7) is 8.00. The molecule has 2 heteroatoms. The van der Waals surface area contributed by atoms with E-state index in [1.165, 1.54) is 49.8 Å². The maximum absolute atomic E-state index is 3.76. The molecule has 2 nitrogen and oxygen atoms in total. The Bertz CT molecular complexity index is 394. The maximum atomic E-state index is 3.76. The molecule has 3 atom stereocenters. The zero-order chi connectivity index (χ0) is 14.4. The van der Waals surface area contributed by atoms with Gasteiger partial charge in [0.25, 0.3) is 0 Å². The molecular formula is C18H30N2. The van der Waals surface area contributed by atoms with Gasteiger partial charge >= 0.3 is 0 Å². The lowest BCUT2D eigenvalue weighted by Gasteiger charge is -2.25. The molecule has 0 aliphatic carbocycles. The van der Waals surface area contributed by atoms with E-state index in [4.69, 9.17) is 0 Å². The van der Waals surface area contributed by atoms with Crippen LogP contribution >= 0.6 is 0 Å². The SMILES string of the molecule is Cc1ccccc1[C@H](C)NC(C)CC1CCCCCN1. The fourth-order valence-corrected chi connectivity index (χ4v) is 3.39. The van der Waals surface area contributed by atoms with Crippen molar-refractivity contribution in [3.8, 4) is 0 Å². The lowest BCUT2D eigenvalue weighted by molar-refractivity contribution is 0.380. The molecule has 1 aliphatic rings. The zero-order valence-electron chi connectivity index (χ0n) is 13.3. The van der Waals surface area contributed by atoms with Gasteiger partial charge in [0.2, 0.25) is 0 Å². The third-order valence-corrected chi connectivity index (χ3v) is 4.49. The van der Waals surface area contributed by atoms with Crippen LogP contribution in [0.25, 0.3) is 0 Å². The van der Waals surface area contributed by atoms with Crippen LogP contribution in [0.2, 0.25) is 0 Å². The monoisotopic (exact) mass is 274 g/mol. The topological polar surface area (TPSA) is 24.1 Å². The van der Waals surface area contributed by atoms with Gasteiger partial charge in [-0.2, -0.15) is 0 Å². The first-order valence-corrected chi connectivity index (χ1v) is 8.22. The van der Waals surface area contributed by atoms with Crippen molar-refractivity contribution < 1.29 is 0 Å². The van der Waals surface area contributed by atoms with E-state index in [-0.39, 0.29) is 0 Å². The van der Waals surface area contributed by atoms with Crippen LogP contribution in [0.5, 0.6) is 0 Å². The minimum absolute atomic E-state index is 0.428. The minimum atomic E-state index is 0.428. The van der Waals surface area contributed by atoms with E-state index in [0.29, 0.717) is 18.1 Å². The molecule has 1 heterocycles. The van der Waals surface area contributed by atoms with Gasteiger partial charge in [-0.05, 0) is 57.7 Å². The van der Waals surface area contributed by atoms with Crippen molar-refractivity contribution in [2.24, 2.45) is 0 Å². The van der Waals surface area contributed by atoms with Crippen molar-refractivity contribution in [1.82, 2.24) is 10.6 Å². The Morgan fingerprint density at radius 3 is 2.80 bits per heavy atom. The molecule has 2 unspecified atom stereocenters.